The number of carbonyl (C=O) groups excluding carboxylic acids is 1. The standard InChI is InChI=1S/C11H15FN4O3S/c12-9-2-1-3-14-11(9)20(18,19)15-8-10(17)16-6-4-13-5-7-16/h1-3,13,15H,4-8H2. The Morgan fingerprint density at radius 1 is 1.45 bits per heavy atom. The van der Waals surface area contributed by atoms with E-state index in [0.717, 1.165) is 6.07 Å². The number of piperazine rings is 1. The number of carbonyl (C=O) groups is 1. The van der Waals surface area contributed by atoms with Crippen molar-refractivity contribution in [1.82, 2.24) is 19.9 Å². The second-order valence-electron chi connectivity index (χ2n) is 4.25. The molecule has 1 aliphatic heterocycles. The van der Waals surface area contributed by atoms with Gasteiger partial charge in [0.05, 0.1) is 6.54 Å². The van der Waals surface area contributed by atoms with Crippen LogP contribution in [0.3, 0.4) is 0 Å². The van der Waals surface area contributed by atoms with Crippen molar-refractivity contribution in [3.8, 4) is 0 Å². The Morgan fingerprint density at radius 3 is 2.80 bits per heavy atom. The zero-order chi connectivity index (χ0) is 14.6. The van der Waals surface area contributed by atoms with Crippen LogP contribution in [0.2, 0.25) is 0 Å². The first-order chi connectivity index (χ1) is 9.50. The molecule has 1 aromatic rings. The molecule has 0 bridgehead atoms. The summed E-state index contributed by atoms with van der Waals surface area (Å²) in [6.45, 7) is 2.00. The van der Waals surface area contributed by atoms with Crippen LogP contribution in [-0.4, -0.2) is 56.9 Å². The summed E-state index contributed by atoms with van der Waals surface area (Å²) < 4.78 is 39.1. The minimum absolute atomic E-state index is 0.341. The van der Waals surface area contributed by atoms with Crippen LogP contribution in [0.4, 0.5) is 4.39 Å². The first kappa shape index (κ1) is 14.8. The number of hydrogen-bond donors (Lipinski definition) is 2. The number of rotatable bonds is 4. The summed E-state index contributed by atoms with van der Waals surface area (Å²) >= 11 is 0. The molecule has 0 radical (unpaired) electrons. The van der Waals surface area contributed by atoms with Crippen LogP contribution >= 0.6 is 0 Å². The summed E-state index contributed by atoms with van der Waals surface area (Å²) in [5.74, 6) is -1.29. The average molecular weight is 302 g/mol. The Kier molecular flexibility index (Phi) is 4.63. The highest BCUT2D eigenvalue weighted by Crippen LogP contribution is 2.09. The molecule has 7 nitrogen and oxygen atoms in total. The zero-order valence-electron chi connectivity index (χ0n) is 10.7. The highest BCUT2D eigenvalue weighted by molar-refractivity contribution is 7.89. The molecule has 0 atom stereocenters. The number of nitrogens with zero attached hydrogens (tertiary/aromatic N) is 2. The third-order valence-electron chi connectivity index (χ3n) is 2.86. The Bertz CT molecular complexity index is 587. The monoisotopic (exact) mass is 302 g/mol. The van der Waals surface area contributed by atoms with Crippen molar-refractivity contribution in [2.75, 3.05) is 32.7 Å². The van der Waals surface area contributed by atoms with Gasteiger partial charge < -0.3 is 10.2 Å². The van der Waals surface area contributed by atoms with Crippen molar-refractivity contribution in [2.45, 2.75) is 5.03 Å². The lowest BCUT2D eigenvalue weighted by atomic mass is 10.3. The third-order valence-corrected chi connectivity index (χ3v) is 4.20. The number of nitrogens with one attached hydrogen (secondary N) is 2. The van der Waals surface area contributed by atoms with Gasteiger partial charge in [0.25, 0.3) is 10.0 Å². The normalized spacial score (nSPS) is 16.1. The highest BCUT2D eigenvalue weighted by Gasteiger charge is 2.23. The maximum Gasteiger partial charge on any atom is 0.261 e. The molecule has 1 saturated heterocycles. The lowest BCUT2D eigenvalue weighted by molar-refractivity contribution is -0.130. The number of hydrogen-bond acceptors (Lipinski definition) is 5. The predicted molar refractivity (Wildman–Crippen MR) is 68.8 cm³/mol. The topological polar surface area (TPSA) is 91.4 Å². The third kappa shape index (κ3) is 3.50. The van der Waals surface area contributed by atoms with E-state index in [1.807, 2.05) is 0 Å². The minimum Gasteiger partial charge on any atom is -0.339 e. The van der Waals surface area contributed by atoms with Gasteiger partial charge in [-0.15, -0.1) is 0 Å². The minimum atomic E-state index is -4.12. The van der Waals surface area contributed by atoms with E-state index in [-0.39, 0.29) is 5.91 Å². The summed E-state index contributed by atoms with van der Waals surface area (Å²) in [7, 11) is -4.12. The van der Waals surface area contributed by atoms with Crippen LogP contribution < -0.4 is 10.0 Å². The molecular formula is C11H15FN4O3S. The van der Waals surface area contributed by atoms with E-state index in [4.69, 9.17) is 0 Å². The van der Waals surface area contributed by atoms with Crippen molar-refractivity contribution in [1.29, 1.82) is 0 Å². The summed E-state index contributed by atoms with van der Waals surface area (Å²) in [6.07, 6.45) is 1.18. The summed E-state index contributed by atoms with van der Waals surface area (Å²) in [5, 5.41) is 2.38. The molecule has 1 fully saturated rings. The number of sulfonamides is 1. The second kappa shape index (κ2) is 6.25. The maximum atomic E-state index is 13.4. The molecule has 20 heavy (non-hydrogen) atoms. The van der Waals surface area contributed by atoms with Crippen LogP contribution in [0, 0.1) is 5.82 Å². The molecule has 2 rings (SSSR count). The van der Waals surface area contributed by atoms with Crippen LogP contribution in [0.5, 0.6) is 0 Å². The molecule has 0 aromatic carbocycles. The van der Waals surface area contributed by atoms with Crippen molar-refractivity contribution >= 4 is 15.9 Å². The second-order valence-corrected chi connectivity index (χ2v) is 5.93. The van der Waals surface area contributed by atoms with E-state index < -0.39 is 27.4 Å². The molecule has 2 heterocycles. The molecule has 110 valence electrons. The molecule has 0 aliphatic carbocycles. The first-order valence-corrected chi connectivity index (χ1v) is 7.58. The van der Waals surface area contributed by atoms with Gasteiger partial charge in [-0.1, -0.05) is 0 Å². The predicted octanol–water partition coefficient (Wildman–Crippen LogP) is -1.07. The van der Waals surface area contributed by atoms with Crippen LogP contribution in [0.15, 0.2) is 23.4 Å². The molecule has 2 N–H and O–H groups in total. The average Bonchev–Trinajstić information content (AvgIpc) is 2.46. The maximum absolute atomic E-state index is 13.4. The fourth-order valence-electron chi connectivity index (χ4n) is 1.82. The summed E-state index contributed by atoms with van der Waals surface area (Å²) in [4.78, 5) is 16.8. The molecule has 0 unspecified atom stereocenters. The van der Waals surface area contributed by atoms with Gasteiger partial charge in [0.2, 0.25) is 10.9 Å². The molecule has 9 heteroatoms. The highest BCUT2D eigenvalue weighted by atomic mass is 32.2. The zero-order valence-corrected chi connectivity index (χ0v) is 11.5. The van der Waals surface area contributed by atoms with E-state index in [0.29, 0.717) is 26.2 Å². The number of pyridine rings is 1. The van der Waals surface area contributed by atoms with Crippen molar-refractivity contribution < 1.29 is 17.6 Å². The lowest BCUT2D eigenvalue weighted by Crippen LogP contribution is -2.49. The summed E-state index contributed by atoms with van der Waals surface area (Å²) in [6, 6.07) is 2.29. The van der Waals surface area contributed by atoms with E-state index in [1.165, 1.54) is 12.3 Å². The van der Waals surface area contributed by atoms with Crippen molar-refractivity contribution in [3.05, 3.63) is 24.1 Å². The molecule has 0 spiro atoms. The van der Waals surface area contributed by atoms with Gasteiger partial charge in [-0.05, 0) is 12.1 Å². The van der Waals surface area contributed by atoms with Crippen LogP contribution in [0.1, 0.15) is 0 Å². The SMILES string of the molecule is O=C(CNS(=O)(=O)c1ncccc1F)N1CCNCC1. The first-order valence-electron chi connectivity index (χ1n) is 6.09. The number of halogens is 1. The van der Waals surface area contributed by atoms with Crippen molar-refractivity contribution in [2.24, 2.45) is 0 Å². The Labute approximate surface area is 116 Å². The van der Waals surface area contributed by atoms with Gasteiger partial charge in [0.1, 0.15) is 0 Å². The van der Waals surface area contributed by atoms with Gasteiger partial charge in [0.15, 0.2) is 5.82 Å². The largest absolute Gasteiger partial charge is 0.339 e. The van der Waals surface area contributed by atoms with Gasteiger partial charge in [-0.2, -0.15) is 0 Å². The summed E-state index contributed by atoms with van der Waals surface area (Å²) in [5.41, 5.74) is 0. The Morgan fingerprint density at radius 2 is 2.15 bits per heavy atom. The van der Waals surface area contributed by atoms with Crippen LogP contribution in [-0.2, 0) is 14.8 Å². The van der Waals surface area contributed by atoms with E-state index in [1.54, 1.807) is 4.90 Å². The molecule has 1 aromatic heterocycles. The van der Waals surface area contributed by atoms with Gasteiger partial charge >= 0.3 is 0 Å². The number of amides is 1. The van der Waals surface area contributed by atoms with E-state index >= 15 is 0 Å². The smallest absolute Gasteiger partial charge is 0.261 e. The quantitative estimate of drug-likeness (QED) is 0.739. The Balaban J connectivity index is 1.99. The van der Waals surface area contributed by atoms with E-state index in [9.17, 15) is 17.6 Å². The lowest BCUT2D eigenvalue weighted by Gasteiger charge is -2.27. The fraction of sp³-hybridized carbons (Fsp3) is 0.455. The molecule has 1 amide bonds. The molecule has 1 aliphatic rings. The molecular weight excluding hydrogens is 287 g/mol. The van der Waals surface area contributed by atoms with Crippen molar-refractivity contribution in [3.63, 3.8) is 0 Å². The Hall–Kier alpha value is -1.58. The van der Waals surface area contributed by atoms with Gasteiger partial charge in [0, 0.05) is 32.4 Å². The van der Waals surface area contributed by atoms with Crippen LogP contribution in [0.25, 0.3) is 0 Å². The molecule has 0 saturated carbocycles. The number of aromatic nitrogens is 1. The van der Waals surface area contributed by atoms with Gasteiger partial charge in [-0.25, -0.2) is 22.5 Å². The fourth-order valence-corrected chi connectivity index (χ4v) is 2.79. The van der Waals surface area contributed by atoms with Gasteiger partial charge in [-0.3, -0.25) is 4.79 Å². The van der Waals surface area contributed by atoms with E-state index in [2.05, 4.69) is 15.0 Å².